The van der Waals surface area contributed by atoms with Crippen molar-refractivity contribution in [2.75, 3.05) is 0 Å². The fourth-order valence-corrected chi connectivity index (χ4v) is 3.14. The van der Waals surface area contributed by atoms with Gasteiger partial charge in [-0.2, -0.15) is 0 Å². The summed E-state index contributed by atoms with van der Waals surface area (Å²) in [6.07, 6.45) is 3.76. The minimum atomic E-state index is 0.665. The maximum Gasteiger partial charge on any atom is 0.0750 e. The van der Waals surface area contributed by atoms with Crippen molar-refractivity contribution in [2.24, 2.45) is 4.99 Å². The van der Waals surface area contributed by atoms with E-state index in [1.54, 1.807) is 0 Å². The van der Waals surface area contributed by atoms with Gasteiger partial charge < -0.3 is 0 Å². The SMILES string of the molecule is Cc1cc2ccncc2c(=NCc2ccccc2)c2ccccc12. The molecule has 2 heteroatoms. The maximum atomic E-state index is 4.97. The highest BCUT2D eigenvalue weighted by atomic mass is 14.7. The molecule has 116 valence electrons. The number of hydrogen-bond acceptors (Lipinski definition) is 2. The highest BCUT2D eigenvalue weighted by molar-refractivity contribution is 5.94. The van der Waals surface area contributed by atoms with Gasteiger partial charge >= 0.3 is 0 Å². The van der Waals surface area contributed by atoms with Crippen molar-refractivity contribution >= 4 is 21.5 Å². The lowest BCUT2D eigenvalue weighted by Crippen LogP contribution is -2.03. The van der Waals surface area contributed by atoms with E-state index in [-0.39, 0.29) is 0 Å². The van der Waals surface area contributed by atoms with E-state index in [2.05, 4.69) is 72.6 Å². The molecular formula is C22H18N2. The van der Waals surface area contributed by atoms with Crippen LogP contribution < -0.4 is 5.36 Å². The van der Waals surface area contributed by atoms with Gasteiger partial charge in [-0.1, -0.05) is 60.7 Å². The zero-order chi connectivity index (χ0) is 16.4. The number of nitrogens with zero attached hydrogens (tertiary/aromatic N) is 2. The second-order valence-electron chi connectivity index (χ2n) is 5.99. The molecule has 0 radical (unpaired) electrons. The van der Waals surface area contributed by atoms with Crippen molar-refractivity contribution in [3.05, 3.63) is 95.6 Å². The van der Waals surface area contributed by atoms with E-state index in [9.17, 15) is 0 Å². The van der Waals surface area contributed by atoms with Crippen LogP contribution in [0.1, 0.15) is 11.1 Å². The Hall–Kier alpha value is -3.00. The number of fused-ring (bicyclic) bond motifs is 2. The quantitative estimate of drug-likeness (QED) is 0.522. The molecule has 0 spiro atoms. The van der Waals surface area contributed by atoms with Crippen molar-refractivity contribution in [3.8, 4) is 0 Å². The van der Waals surface area contributed by atoms with Gasteiger partial charge in [0.15, 0.2) is 0 Å². The molecule has 0 saturated heterocycles. The van der Waals surface area contributed by atoms with E-state index < -0.39 is 0 Å². The summed E-state index contributed by atoms with van der Waals surface area (Å²) in [7, 11) is 0. The van der Waals surface area contributed by atoms with Gasteiger partial charge in [0, 0.05) is 23.2 Å². The first-order valence-electron chi connectivity index (χ1n) is 8.14. The Labute approximate surface area is 141 Å². The van der Waals surface area contributed by atoms with Crippen LogP contribution in [-0.2, 0) is 6.54 Å². The summed E-state index contributed by atoms with van der Waals surface area (Å²) < 4.78 is 0. The van der Waals surface area contributed by atoms with Gasteiger partial charge in [0.1, 0.15) is 0 Å². The largest absolute Gasteiger partial charge is 0.279 e. The number of benzene rings is 2. The first-order valence-corrected chi connectivity index (χ1v) is 8.14. The lowest BCUT2D eigenvalue weighted by atomic mass is 10.1. The minimum Gasteiger partial charge on any atom is -0.279 e. The predicted octanol–water partition coefficient (Wildman–Crippen LogP) is 4.80. The molecule has 4 rings (SSSR count). The molecule has 0 aliphatic rings. The second kappa shape index (κ2) is 6.25. The molecule has 0 aliphatic heterocycles. The van der Waals surface area contributed by atoms with Crippen LogP contribution >= 0.6 is 0 Å². The Bertz CT molecular complexity index is 1080. The van der Waals surface area contributed by atoms with Crippen molar-refractivity contribution in [1.82, 2.24) is 4.98 Å². The predicted molar refractivity (Wildman–Crippen MR) is 99.7 cm³/mol. The van der Waals surface area contributed by atoms with Crippen molar-refractivity contribution in [3.63, 3.8) is 0 Å². The topological polar surface area (TPSA) is 25.2 Å². The molecule has 0 aliphatic carbocycles. The number of rotatable bonds is 2. The van der Waals surface area contributed by atoms with Crippen LogP contribution in [0.15, 0.2) is 84.1 Å². The van der Waals surface area contributed by atoms with Crippen LogP contribution in [0.5, 0.6) is 0 Å². The average molecular weight is 310 g/mol. The van der Waals surface area contributed by atoms with Crippen LogP contribution in [-0.4, -0.2) is 4.98 Å². The average Bonchev–Trinajstić information content (AvgIpc) is 2.75. The van der Waals surface area contributed by atoms with E-state index in [0.29, 0.717) is 6.54 Å². The molecule has 0 saturated carbocycles. The van der Waals surface area contributed by atoms with Crippen LogP contribution in [0.4, 0.5) is 0 Å². The van der Waals surface area contributed by atoms with Gasteiger partial charge in [-0.15, -0.1) is 0 Å². The minimum absolute atomic E-state index is 0.665. The van der Waals surface area contributed by atoms with E-state index >= 15 is 0 Å². The van der Waals surface area contributed by atoms with E-state index in [4.69, 9.17) is 4.99 Å². The first-order chi connectivity index (χ1) is 11.8. The fraction of sp³-hybridized carbons (Fsp3) is 0.0909. The number of aromatic nitrogens is 1. The molecule has 4 aromatic rings. The number of hydrogen-bond donors (Lipinski definition) is 0. The molecule has 1 heterocycles. The fourth-order valence-electron chi connectivity index (χ4n) is 3.14. The van der Waals surface area contributed by atoms with E-state index in [1.807, 2.05) is 18.5 Å². The summed E-state index contributed by atoms with van der Waals surface area (Å²) in [6.45, 7) is 2.82. The summed E-state index contributed by atoms with van der Waals surface area (Å²) in [5.74, 6) is 0. The maximum absolute atomic E-state index is 4.97. The van der Waals surface area contributed by atoms with Crippen molar-refractivity contribution in [2.45, 2.75) is 13.5 Å². The van der Waals surface area contributed by atoms with Gasteiger partial charge in [-0.25, -0.2) is 0 Å². The Morgan fingerprint density at radius 3 is 2.42 bits per heavy atom. The van der Waals surface area contributed by atoms with Crippen molar-refractivity contribution < 1.29 is 0 Å². The van der Waals surface area contributed by atoms with Crippen LogP contribution in [0.3, 0.4) is 0 Å². The second-order valence-corrected chi connectivity index (χ2v) is 5.99. The molecule has 0 amide bonds. The van der Waals surface area contributed by atoms with Gasteiger partial charge in [-0.05, 0) is 34.9 Å². The number of pyridine rings is 1. The third kappa shape index (κ3) is 2.67. The summed E-state index contributed by atoms with van der Waals surface area (Å²) in [6, 6.07) is 23.1. The van der Waals surface area contributed by atoms with Crippen LogP contribution in [0.2, 0.25) is 0 Å². The Morgan fingerprint density at radius 1 is 0.833 bits per heavy atom. The summed E-state index contributed by atoms with van der Waals surface area (Å²) in [5, 5.41) is 5.70. The van der Waals surface area contributed by atoms with Crippen LogP contribution in [0, 0.1) is 6.92 Å². The monoisotopic (exact) mass is 310 g/mol. The number of aryl methyl sites for hydroxylation is 1. The van der Waals surface area contributed by atoms with E-state index in [0.717, 1.165) is 10.7 Å². The van der Waals surface area contributed by atoms with Gasteiger partial charge in [0.05, 0.1) is 11.9 Å². The molecule has 0 bridgehead atoms. The zero-order valence-electron chi connectivity index (χ0n) is 13.6. The van der Waals surface area contributed by atoms with E-state index in [1.165, 1.54) is 27.3 Å². The van der Waals surface area contributed by atoms with Gasteiger partial charge in [-0.3, -0.25) is 9.98 Å². The molecule has 1 aromatic heterocycles. The Balaban J connectivity index is 2.09. The standard InChI is InChI=1S/C22H18N2/c1-16-13-18-11-12-23-15-21(18)22(20-10-6-5-9-19(16)20)24-14-17-7-3-2-4-8-17/h2-13,15H,14H2,1H3. The molecule has 0 atom stereocenters. The third-order valence-electron chi connectivity index (χ3n) is 4.35. The Kier molecular flexibility index (Phi) is 3.80. The molecule has 0 fully saturated rings. The molecule has 2 nitrogen and oxygen atoms in total. The molecule has 0 unspecified atom stereocenters. The highest BCUT2D eigenvalue weighted by Gasteiger charge is 2.03. The smallest absolute Gasteiger partial charge is 0.0750 e. The lowest BCUT2D eigenvalue weighted by molar-refractivity contribution is 1.02. The third-order valence-corrected chi connectivity index (χ3v) is 4.35. The van der Waals surface area contributed by atoms with Crippen LogP contribution in [0.25, 0.3) is 21.5 Å². The molecular weight excluding hydrogens is 292 g/mol. The van der Waals surface area contributed by atoms with Gasteiger partial charge in [0.2, 0.25) is 0 Å². The Morgan fingerprint density at radius 2 is 1.58 bits per heavy atom. The summed E-state index contributed by atoms with van der Waals surface area (Å²) >= 11 is 0. The molecule has 3 aromatic carbocycles. The van der Waals surface area contributed by atoms with Crippen molar-refractivity contribution in [1.29, 1.82) is 0 Å². The normalized spacial score (nSPS) is 12.0. The zero-order valence-corrected chi connectivity index (χ0v) is 13.6. The molecule has 24 heavy (non-hydrogen) atoms. The lowest BCUT2D eigenvalue weighted by Gasteiger charge is -1.99. The van der Waals surface area contributed by atoms with Gasteiger partial charge in [0.25, 0.3) is 0 Å². The first kappa shape index (κ1) is 14.6. The summed E-state index contributed by atoms with van der Waals surface area (Å²) in [5.41, 5.74) is 2.46. The summed E-state index contributed by atoms with van der Waals surface area (Å²) in [4.78, 5) is 9.31. The molecule has 0 N–H and O–H groups in total. The highest BCUT2D eigenvalue weighted by Crippen LogP contribution is 2.19.